The van der Waals surface area contributed by atoms with E-state index >= 15 is 0 Å². The predicted molar refractivity (Wildman–Crippen MR) is 93.8 cm³/mol. The lowest BCUT2D eigenvalue weighted by Crippen LogP contribution is -2.12. The number of aromatic nitrogens is 1. The highest BCUT2D eigenvalue weighted by atomic mass is 19.1. The van der Waals surface area contributed by atoms with Gasteiger partial charge >= 0.3 is 0 Å². The minimum atomic E-state index is -0.804. The van der Waals surface area contributed by atoms with Crippen LogP contribution in [0.4, 0.5) is 14.5 Å². The second-order valence-corrected chi connectivity index (χ2v) is 5.68. The number of carbonyl (C=O) groups is 1. The molecule has 0 aliphatic heterocycles. The van der Waals surface area contributed by atoms with E-state index in [2.05, 4.69) is 10.3 Å². The van der Waals surface area contributed by atoms with Crippen molar-refractivity contribution in [3.05, 3.63) is 83.9 Å². The van der Waals surface area contributed by atoms with Gasteiger partial charge in [0.05, 0.1) is 0 Å². The average Bonchev–Trinajstić information content (AvgIpc) is 3.05. The number of para-hydroxylation sites is 2. The number of hydrogen-bond donors (Lipinski definition) is 1. The highest BCUT2D eigenvalue weighted by molar-refractivity contribution is 6.04. The summed E-state index contributed by atoms with van der Waals surface area (Å²) in [6.07, 6.45) is 0. The number of carbonyl (C=O) groups excluding carboxylic acids is 1. The van der Waals surface area contributed by atoms with Crippen LogP contribution in [0.3, 0.4) is 0 Å². The van der Waals surface area contributed by atoms with E-state index in [9.17, 15) is 13.6 Å². The molecule has 26 heavy (non-hydrogen) atoms. The lowest BCUT2D eigenvalue weighted by molar-refractivity contribution is 0.102. The Morgan fingerprint density at radius 3 is 2.31 bits per heavy atom. The summed E-state index contributed by atoms with van der Waals surface area (Å²) in [6.45, 7) is 0. The number of fused-ring (bicyclic) bond motifs is 1. The fraction of sp³-hybridized carbons (Fsp3) is 0. The number of nitrogens with zero attached hydrogens (tertiary/aromatic N) is 1. The highest BCUT2D eigenvalue weighted by Crippen LogP contribution is 2.25. The van der Waals surface area contributed by atoms with Crippen LogP contribution in [0.1, 0.15) is 10.4 Å². The summed E-state index contributed by atoms with van der Waals surface area (Å²) < 4.78 is 32.1. The number of rotatable bonds is 3. The summed E-state index contributed by atoms with van der Waals surface area (Å²) in [6, 6.07) is 16.9. The molecule has 0 fully saturated rings. The van der Waals surface area contributed by atoms with Gasteiger partial charge in [-0.3, -0.25) is 4.79 Å². The molecule has 128 valence electrons. The van der Waals surface area contributed by atoms with Gasteiger partial charge in [0.1, 0.15) is 17.2 Å². The van der Waals surface area contributed by atoms with Crippen molar-refractivity contribution >= 4 is 22.7 Å². The topological polar surface area (TPSA) is 55.1 Å². The van der Waals surface area contributed by atoms with E-state index in [1.807, 2.05) is 24.3 Å². The fourth-order valence-corrected chi connectivity index (χ4v) is 2.58. The molecule has 1 aromatic heterocycles. The molecule has 1 heterocycles. The van der Waals surface area contributed by atoms with Gasteiger partial charge in [0, 0.05) is 22.9 Å². The van der Waals surface area contributed by atoms with Crippen LogP contribution in [-0.2, 0) is 0 Å². The lowest BCUT2D eigenvalue weighted by Gasteiger charge is -2.06. The van der Waals surface area contributed by atoms with Crippen molar-refractivity contribution in [2.24, 2.45) is 0 Å². The zero-order valence-corrected chi connectivity index (χ0v) is 13.4. The molecule has 0 aliphatic rings. The minimum Gasteiger partial charge on any atom is -0.436 e. The Hall–Kier alpha value is -3.54. The van der Waals surface area contributed by atoms with Gasteiger partial charge < -0.3 is 9.73 Å². The number of nitrogens with one attached hydrogen (secondary N) is 1. The maximum Gasteiger partial charge on any atom is 0.255 e. The van der Waals surface area contributed by atoms with Gasteiger partial charge in [0.25, 0.3) is 5.91 Å². The largest absolute Gasteiger partial charge is 0.436 e. The third kappa shape index (κ3) is 3.17. The van der Waals surface area contributed by atoms with E-state index in [0.29, 0.717) is 23.2 Å². The van der Waals surface area contributed by atoms with Crippen LogP contribution in [0, 0.1) is 11.6 Å². The average molecular weight is 350 g/mol. The molecule has 0 saturated carbocycles. The Labute approximate surface area is 147 Å². The minimum absolute atomic E-state index is 0.0921. The third-order valence-corrected chi connectivity index (χ3v) is 3.81. The van der Waals surface area contributed by atoms with Gasteiger partial charge in [-0.25, -0.2) is 13.8 Å². The quantitative estimate of drug-likeness (QED) is 0.564. The first kappa shape index (κ1) is 16.0. The van der Waals surface area contributed by atoms with Crippen LogP contribution in [0.15, 0.2) is 71.1 Å². The number of halogens is 2. The van der Waals surface area contributed by atoms with Crippen LogP contribution < -0.4 is 5.32 Å². The Kier molecular flexibility index (Phi) is 3.93. The standard InChI is InChI=1S/C20H12F2N2O2/c21-14-9-13(10-15(22)11-14)19(25)23-16-7-5-12(6-8-16)20-24-17-3-1-2-4-18(17)26-20/h1-11H,(H,23,25). The van der Waals surface area contributed by atoms with E-state index in [-0.39, 0.29) is 5.56 Å². The van der Waals surface area contributed by atoms with Gasteiger partial charge in [-0.1, -0.05) is 12.1 Å². The van der Waals surface area contributed by atoms with E-state index < -0.39 is 17.5 Å². The molecule has 0 unspecified atom stereocenters. The number of anilines is 1. The van der Waals surface area contributed by atoms with Crippen LogP contribution in [0.5, 0.6) is 0 Å². The van der Waals surface area contributed by atoms with Crippen LogP contribution in [0.2, 0.25) is 0 Å². The molecule has 0 bridgehead atoms. The maximum atomic E-state index is 13.2. The molecule has 0 aliphatic carbocycles. The molecule has 1 N–H and O–H groups in total. The molecule has 4 rings (SSSR count). The molecule has 6 heteroatoms. The van der Waals surface area contributed by atoms with E-state index in [1.54, 1.807) is 24.3 Å². The second-order valence-electron chi connectivity index (χ2n) is 5.68. The van der Waals surface area contributed by atoms with Crippen LogP contribution in [-0.4, -0.2) is 10.9 Å². The molecular formula is C20H12F2N2O2. The lowest BCUT2D eigenvalue weighted by atomic mass is 10.1. The molecule has 0 atom stereocenters. The van der Waals surface area contributed by atoms with Crippen molar-refractivity contribution < 1.29 is 18.0 Å². The van der Waals surface area contributed by atoms with E-state index in [1.165, 1.54) is 0 Å². The summed E-state index contributed by atoms with van der Waals surface area (Å²) in [5.41, 5.74) is 2.59. The first-order valence-electron chi connectivity index (χ1n) is 7.82. The molecular weight excluding hydrogens is 338 g/mol. The van der Waals surface area contributed by atoms with Crippen LogP contribution in [0.25, 0.3) is 22.6 Å². The van der Waals surface area contributed by atoms with Gasteiger partial charge in [0.2, 0.25) is 5.89 Å². The summed E-state index contributed by atoms with van der Waals surface area (Å²) in [5, 5.41) is 2.59. The van der Waals surface area contributed by atoms with Gasteiger partial charge in [0.15, 0.2) is 5.58 Å². The Bertz CT molecular complexity index is 1050. The number of benzene rings is 3. The van der Waals surface area contributed by atoms with Crippen molar-refractivity contribution in [3.8, 4) is 11.5 Å². The number of amides is 1. The van der Waals surface area contributed by atoms with Crippen molar-refractivity contribution in [2.75, 3.05) is 5.32 Å². The highest BCUT2D eigenvalue weighted by Gasteiger charge is 2.11. The van der Waals surface area contributed by atoms with Gasteiger partial charge in [-0.15, -0.1) is 0 Å². The Morgan fingerprint density at radius 2 is 1.62 bits per heavy atom. The first-order chi connectivity index (χ1) is 12.6. The Morgan fingerprint density at radius 1 is 0.923 bits per heavy atom. The second kappa shape index (κ2) is 6.40. The smallest absolute Gasteiger partial charge is 0.255 e. The van der Waals surface area contributed by atoms with Crippen molar-refractivity contribution in [1.82, 2.24) is 4.98 Å². The van der Waals surface area contributed by atoms with Crippen molar-refractivity contribution in [3.63, 3.8) is 0 Å². The monoisotopic (exact) mass is 350 g/mol. The first-order valence-corrected chi connectivity index (χ1v) is 7.82. The van der Waals surface area contributed by atoms with E-state index in [0.717, 1.165) is 23.2 Å². The normalized spacial score (nSPS) is 10.8. The summed E-state index contributed by atoms with van der Waals surface area (Å²) >= 11 is 0. The molecule has 4 nitrogen and oxygen atoms in total. The Balaban J connectivity index is 1.55. The fourth-order valence-electron chi connectivity index (χ4n) is 2.58. The summed E-state index contributed by atoms with van der Waals surface area (Å²) in [4.78, 5) is 16.5. The molecule has 3 aromatic carbocycles. The zero-order chi connectivity index (χ0) is 18.1. The molecule has 1 amide bonds. The van der Waals surface area contributed by atoms with Gasteiger partial charge in [-0.2, -0.15) is 0 Å². The summed E-state index contributed by atoms with van der Waals surface area (Å²) in [7, 11) is 0. The number of oxazole rings is 1. The molecule has 0 radical (unpaired) electrons. The van der Waals surface area contributed by atoms with Crippen LogP contribution >= 0.6 is 0 Å². The van der Waals surface area contributed by atoms with Gasteiger partial charge in [-0.05, 0) is 48.5 Å². The predicted octanol–water partition coefficient (Wildman–Crippen LogP) is 5.03. The molecule has 0 spiro atoms. The third-order valence-electron chi connectivity index (χ3n) is 3.81. The SMILES string of the molecule is O=C(Nc1ccc(-c2nc3ccccc3o2)cc1)c1cc(F)cc(F)c1. The summed E-state index contributed by atoms with van der Waals surface area (Å²) in [5.74, 6) is -1.74. The van der Waals surface area contributed by atoms with E-state index in [4.69, 9.17) is 4.42 Å². The number of hydrogen-bond acceptors (Lipinski definition) is 3. The molecule has 0 saturated heterocycles. The van der Waals surface area contributed by atoms with Crippen molar-refractivity contribution in [1.29, 1.82) is 0 Å². The maximum absolute atomic E-state index is 13.2. The zero-order valence-electron chi connectivity index (χ0n) is 13.4. The van der Waals surface area contributed by atoms with Crippen molar-refractivity contribution in [2.45, 2.75) is 0 Å². The molecule has 4 aromatic rings.